The van der Waals surface area contributed by atoms with Crippen molar-refractivity contribution in [3.8, 4) is 11.1 Å². The molecule has 0 N–H and O–H groups in total. The van der Waals surface area contributed by atoms with Crippen LogP contribution in [0.1, 0.15) is 37.3 Å². The molecule has 2 aromatic rings. The first kappa shape index (κ1) is 21.1. The Bertz CT molecular complexity index is 897. The molecule has 1 aromatic carbocycles. The monoisotopic (exact) mass is 427 g/mol. The lowest BCUT2D eigenvalue weighted by Crippen LogP contribution is -2.43. The molecule has 0 spiro atoms. The van der Waals surface area contributed by atoms with Crippen molar-refractivity contribution in [1.82, 2.24) is 19.8 Å². The molecule has 2 aliphatic heterocycles. The molecule has 4 rings (SSSR count). The van der Waals surface area contributed by atoms with Gasteiger partial charge in [-0.05, 0) is 49.9 Å². The van der Waals surface area contributed by atoms with E-state index in [4.69, 9.17) is 16.6 Å². The van der Waals surface area contributed by atoms with Crippen molar-refractivity contribution in [3.63, 3.8) is 0 Å². The second-order valence-corrected chi connectivity index (χ2v) is 8.97. The molecule has 160 valence electrons. The second kappa shape index (κ2) is 9.31. The van der Waals surface area contributed by atoms with Gasteiger partial charge in [0.2, 0.25) is 11.9 Å². The van der Waals surface area contributed by atoms with Crippen LogP contribution >= 0.6 is 11.6 Å². The SMILES string of the molecule is CN(C)c1ncc(-c2cccc(Cl)c2)c(C2CCCN(CC(=O)N3CCCC3)C2)n1. The lowest BCUT2D eigenvalue weighted by atomic mass is 9.90. The first-order chi connectivity index (χ1) is 14.5. The number of hydrogen-bond donors (Lipinski definition) is 0. The van der Waals surface area contributed by atoms with Gasteiger partial charge >= 0.3 is 0 Å². The average molecular weight is 428 g/mol. The number of benzene rings is 1. The molecule has 6 nitrogen and oxygen atoms in total. The van der Waals surface area contributed by atoms with Gasteiger partial charge in [-0.1, -0.05) is 23.7 Å². The molecular formula is C23H30ClN5O. The minimum atomic E-state index is 0.264. The van der Waals surface area contributed by atoms with E-state index in [1.165, 1.54) is 0 Å². The van der Waals surface area contributed by atoms with Crippen LogP contribution in [0.5, 0.6) is 0 Å². The van der Waals surface area contributed by atoms with Gasteiger partial charge in [0.25, 0.3) is 0 Å². The smallest absolute Gasteiger partial charge is 0.236 e. The van der Waals surface area contributed by atoms with E-state index in [1.54, 1.807) is 0 Å². The second-order valence-electron chi connectivity index (χ2n) is 8.54. The van der Waals surface area contributed by atoms with Crippen LogP contribution in [0.4, 0.5) is 5.95 Å². The summed E-state index contributed by atoms with van der Waals surface area (Å²) in [6.45, 7) is 4.14. The van der Waals surface area contributed by atoms with Crippen molar-refractivity contribution < 1.29 is 4.79 Å². The van der Waals surface area contributed by atoms with Gasteiger partial charge in [-0.3, -0.25) is 9.69 Å². The summed E-state index contributed by atoms with van der Waals surface area (Å²) in [4.78, 5) is 28.4. The van der Waals surface area contributed by atoms with E-state index in [0.29, 0.717) is 17.5 Å². The van der Waals surface area contributed by atoms with Crippen LogP contribution in [0.2, 0.25) is 5.02 Å². The Kier molecular flexibility index (Phi) is 6.54. The largest absolute Gasteiger partial charge is 0.347 e. The molecule has 0 radical (unpaired) electrons. The van der Waals surface area contributed by atoms with Crippen molar-refractivity contribution >= 4 is 23.5 Å². The van der Waals surface area contributed by atoms with Crippen LogP contribution in [0, 0.1) is 0 Å². The molecule has 0 aliphatic carbocycles. The molecule has 1 amide bonds. The van der Waals surface area contributed by atoms with Gasteiger partial charge in [-0.25, -0.2) is 9.97 Å². The summed E-state index contributed by atoms with van der Waals surface area (Å²) >= 11 is 6.26. The third kappa shape index (κ3) is 4.76. The molecule has 7 heteroatoms. The van der Waals surface area contributed by atoms with Gasteiger partial charge in [0, 0.05) is 56.4 Å². The number of amides is 1. The number of halogens is 1. The van der Waals surface area contributed by atoms with Crippen molar-refractivity contribution in [2.45, 2.75) is 31.6 Å². The number of carbonyl (C=O) groups is 1. The average Bonchev–Trinajstić information content (AvgIpc) is 3.28. The minimum Gasteiger partial charge on any atom is -0.347 e. The zero-order valence-electron chi connectivity index (χ0n) is 17.9. The Labute approximate surface area is 183 Å². The summed E-state index contributed by atoms with van der Waals surface area (Å²) in [6.07, 6.45) is 6.30. The molecule has 2 aliphatic rings. The van der Waals surface area contributed by atoms with Crippen molar-refractivity contribution in [3.05, 3.63) is 41.2 Å². The molecule has 30 heavy (non-hydrogen) atoms. The zero-order chi connectivity index (χ0) is 21.1. The predicted octanol–water partition coefficient (Wildman–Crippen LogP) is 3.66. The van der Waals surface area contributed by atoms with Crippen molar-refractivity contribution in [2.75, 3.05) is 51.7 Å². The highest BCUT2D eigenvalue weighted by atomic mass is 35.5. The minimum absolute atomic E-state index is 0.264. The Morgan fingerprint density at radius 1 is 1.20 bits per heavy atom. The number of anilines is 1. The summed E-state index contributed by atoms with van der Waals surface area (Å²) in [6, 6.07) is 7.87. The van der Waals surface area contributed by atoms with E-state index in [2.05, 4.69) is 16.0 Å². The third-order valence-electron chi connectivity index (χ3n) is 6.05. The molecule has 2 saturated heterocycles. The fourth-order valence-electron chi connectivity index (χ4n) is 4.47. The fraction of sp³-hybridized carbons (Fsp3) is 0.522. The number of aromatic nitrogens is 2. The Morgan fingerprint density at radius 2 is 2.00 bits per heavy atom. The standard InChI is InChI=1S/C23H30ClN5O/c1-27(2)23-25-14-20(17-7-5-9-19(24)13-17)22(26-23)18-8-6-10-28(15-18)16-21(30)29-11-3-4-12-29/h5,7,9,13-14,18H,3-4,6,8,10-12,15-16H2,1-2H3. The van der Waals surface area contributed by atoms with E-state index in [1.807, 2.05) is 48.3 Å². The maximum atomic E-state index is 12.7. The van der Waals surface area contributed by atoms with Gasteiger partial charge in [0.1, 0.15) is 0 Å². The number of piperidine rings is 1. The molecule has 0 bridgehead atoms. The molecule has 0 saturated carbocycles. The number of hydrogen-bond acceptors (Lipinski definition) is 5. The summed E-state index contributed by atoms with van der Waals surface area (Å²) in [5, 5.41) is 0.705. The van der Waals surface area contributed by atoms with Crippen LogP contribution in [-0.2, 0) is 4.79 Å². The molecule has 2 fully saturated rings. The van der Waals surface area contributed by atoms with Crippen LogP contribution < -0.4 is 4.90 Å². The zero-order valence-corrected chi connectivity index (χ0v) is 18.6. The van der Waals surface area contributed by atoms with Gasteiger partial charge in [-0.2, -0.15) is 0 Å². The fourth-order valence-corrected chi connectivity index (χ4v) is 4.66. The summed E-state index contributed by atoms with van der Waals surface area (Å²) < 4.78 is 0. The van der Waals surface area contributed by atoms with Gasteiger partial charge in [0.15, 0.2) is 0 Å². The molecule has 1 aromatic heterocycles. The maximum Gasteiger partial charge on any atom is 0.236 e. The van der Waals surface area contributed by atoms with Crippen LogP contribution in [-0.4, -0.2) is 72.5 Å². The van der Waals surface area contributed by atoms with Crippen LogP contribution in [0.15, 0.2) is 30.5 Å². The highest BCUT2D eigenvalue weighted by molar-refractivity contribution is 6.30. The van der Waals surface area contributed by atoms with E-state index in [-0.39, 0.29) is 11.8 Å². The number of nitrogens with zero attached hydrogens (tertiary/aromatic N) is 5. The lowest BCUT2D eigenvalue weighted by Gasteiger charge is -2.34. The Balaban J connectivity index is 1.59. The topological polar surface area (TPSA) is 52.6 Å². The summed E-state index contributed by atoms with van der Waals surface area (Å²) in [5.41, 5.74) is 3.11. The quantitative estimate of drug-likeness (QED) is 0.728. The van der Waals surface area contributed by atoms with Gasteiger partial charge < -0.3 is 9.80 Å². The maximum absolute atomic E-state index is 12.7. The van der Waals surface area contributed by atoms with E-state index < -0.39 is 0 Å². The Morgan fingerprint density at radius 3 is 2.73 bits per heavy atom. The molecular weight excluding hydrogens is 398 g/mol. The highest BCUT2D eigenvalue weighted by Gasteiger charge is 2.28. The van der Waals surface area contributed by atoms with Gasteiger partial charge in [-0.15, -0.1) is 0 Å². The van der Waals surface area contributed by atoms with E-state index in [0.717, 1.165) is 68.7 Å². The van der Waals surface area contributed by atoms with E-state index in [9.17, 15) is 4.79 Å². The predicted molar refractivity (Wildman–Crippen MR) is 121 cm³/mol. The van der Waals surface area contributed by atoms with Crippen molar-refractivity contribution in [1.29, 1.82) is 0 Å². The Hall–Kier alpha value is -2.18. The summed E-state index contributed by atoms with van der Waals surface area (Å²) in [7, 11) is 3.92. The lowest BCUT2D eigenvalue weighted by molar-refractivity contribution is -0.131. The van der Waals surface area contributed by atoms with Crippen LogP contribution in [0.3, 0.4) is 0 Å². The van der Waals surface area contributed by atoms with E-state index >= 15 is 0 Å². The highest BCUT2D eigenvalue weighted by Crippen LogP contribution is 2.34. The first-order valence-corrected chi connectivity index (χ1v) is 11.2. The number of rotatable bonds is 5. The van der Waals surface area contributed by atoms with Crippen LogP contribution in [0.25, 0.3) is 11.1 Å². The third-order valence-corrected chi connectivity index (χ3v) is 6.29. The summed E-state index contributed by atoms with van der Waals surface area (Å²) in [5.74, 6) is 1.24. The number of carbonyl (C=O) groups excluding carboxylic acids is 1. The first-order valence-electron chi connectivity index (χ1n) is 10.8. The molecule has 1 atom stereocenters. The number of likely N-dealkylation sites (tertiary alicyclic amines) is 2. The van der Waals surface area contributed by atoms with Gasteiger partial charge in [0.05, 0.1) is 12.2 Å². The normalized spacial score (nSPS) is 19.8. The molecule has 1 unspecified atom stereocenters. The van der Waals surface area contributed by atoms with Crippen molar-refractivity contribution in [2.24, 2.45) is 0 Å². The molecule has 3 heterocycles.